The average Bonchev–Trinajstić information content (AvgIpc) is 2.21. The van der Waals surface area contributed by atoms with Gasteiger partial charge < -0.3 is 9.47 Å². The SMILES string of the molecule is COC(=O)CCC(=O)OC(C)(CS(=O)(=O)O)C(F)(F)F. The van der Waals surface area contributed by atoms with Gasteiger partial charge in [0.25, 0.3) is 10.1 Å². The molecule has 1 unspecified atom stereocenters. The summed E-state index contributed by atoms with van der Waals surface area (Å²) in [6, 6.07) is 0. The highest BCUT2D eigenvalue weighted by atomic mass is 32.2. The highest BCUT2D eigenvalue weighted by Gasteiger charge is 2.57. The van der Waals surface area contributed by atoms with Crippen molar-refractivity contribution in [1.29, 1.82) is 0 Å². The molecule has 1 N–H and O–H groups in total. The first-order valence-corrected chi connectivity index (χ1v) is 6.72. The molecule has 0 rings (SSSR count). The molecule has 0 heterocycles. The van der Waals surface area contributed by atoms with Crippen LogP contribution in [0.2, 0.25) is 0 Å². The van der Waals surface area contributed by atoms with Gasteiger partial charge in [0.05, 0.1) is 20.0 Å². The zero-order valence-electron chi connectivity index (χ0n) is 10.6. The van der Waals surface area contributed by atoms with Crippen LogP contribution in [0.5, 0.6) is 0 Å². The van der Waals surface area contributed by atoms with Crippen LogP contribution in [-0.4, -0.2) is 49.5 Å². The van der Waals surface area contributed by atoms with Crippen LogP contribution in [0, 0.1) is 0 Å². The van der Waals surface area contributed by atoms with Gasteiger partial charge in [0.1, 0.15) is 5.75 Å². The van der Waals surface area contributed by atoms with E-state index >= 15 is 0 Å². The van der Waals surface area contributed by atoms with Crippen LogP contribution in [0.1, 0.15) is 19.8 Å². The van der Waals surface area contributed by atoms with E-state index in [1.165, 1.54) is 0 Å². The van der Waals surface area contributed by atoms with Crippen molar-refractivity contribution >= 4 is 22.1 Å². The monoisotopic (exact) mass is 322 g/mol. The summed E-state index contributed by atoms with van der Waals surface area (Å²) in [6.07, 6.45) is -6.46. The molecule has 0 aromatic carbocycles. The first-order chi connectivity index (χ1) is 8.81. The van der Waals surface area contributed by atoms with E-state index in [2.05, 4.69) is 9.47 Å². The third kappa shape index (κ3) is 6.19. The standard InChI is InChI=1S/C9H13F3O7S/c1-8(9(10,11)12,5-20(15,16)17)19-7(14)4-3-6(13)18-2/h3-5H2,1-2H3,(H,15,16,17). The zero-order chi connectivity index (χ0) is 16.2. The summed E-state index contributed by atoms with van der Waals surface area (Å²) in [5, 5.41) is 0. The van der Waals surface area contributed by atoms with Crippen LogP contribution in [0.4, 0.5) is 13.2 Å². The lowest BCUT2D eigenvalue weighted by Gasteiger charge is -2.30. The van der Waals surface area contributed by atoms with Gasteiger partial charge in [-0.1, -0.05) is 0 Å². The van der Waals surface area contributed by atoms with Crippen molar-refractivity contribution in [3.63, 3.8) is 0 Å². The van der Waals surface area contributed by atoms with Gasteiger partial charge in [-0.2, -0.15) is 21.6 Å². The minimum Gasteiger partial charge on any atom is -0.469 e. The lowest BCUT2D eigenvalue weighted by molar-refractivity contribution is -0.256. The van der Waals surface area contributed by atoms with E-state index in [0.717, 1.165) is 7.11 Å². The van der Waals surface area contributed by atoms with Crippen LogP contribution < -0.4 is 0 Å². The molecular weight excluding hydrogens is 309 g/mol. The van der Waals surface area contributed by atoms with Crippen molar-refractivity contribution < 1.29 is 45.2 Å². The zero-order valence-corrected chi connectivity index (χ0v) is 11.4. The maximum Gasteiger partial charge on any atom is 0.429 e. The Morgan fingerprint density at radius 2 is 1.60 bits per heavy atom. The van der Waals surface area contributed by atoms with Gasteiger partial charge in [-0.25, -0.2) is 0 Å². The number of hydrogen-bond donors (Lipinski definition) is 1. The van der Waals surface area contributed by atoms with E-state index in [0.29, 0.717) is 6.92 Å². The molecular formula is C9H13F3O7S. The first kappa shape index (κ1) is 18.6. The number of ether oxygens (including phenoxy) is 2. The Labute approximate surface area is 112 Å². The molecule has 1 atom stereocenters. The Bertz CT molecular complexity index is 470. The summed E-state index contributed by atoms with van der Waals surface area (Å²) < 4.78 is 76.0. The number of carbonyl (C=O) groups is 2. The third-order valence-corrected chi connectivity index (χ3v) is 3.07. The average molecular weight is 322 g/mol. The van der Waals surface area contributed by atoms with Gasteiger partial charge in [0.2, 0.25) is 5.60 Å². The molecule has 7 nitrogen and oxygen atoms in total. The van der Waals surface area contributed by atoms with E-state index in [9.17, 15) is 31.2 Å². The predicted molar refractivity (Wildman–Crippen MR) is 58.2 cm³/mol. The lowest BCUT2D eigenvalue weighted by Crippen LogP contribution is -2.51. The van der Waals surface area contributed by atoms with Crippen molar-refractivity contribution in [2.24, 2.45) is 0 Å². The maximum absolute atomic E-state index is 12.7. The molecule has 0 fully saturated rings. The maximum atomic E-state index is 12.7. The number of methoxy groups -OCH3 is 1. The highest BCUT2D eigenvalue weighted by molar-refractivity contribution is 7.85. The van der Waals surface area contributed by atoms with E-state index in [-0.39, 0.29) is 0 Å². The van der Waals surface area contributed by atoms with Gasteiger partial charge in [-0.15, -0.1) is 0 Å². The predicted octanol–water partition coefficient (Wildman–Crippen LogP) is 0.692. The normalized spacial score (nSPS) is 15.3. The van der Waals surface area contributed by atoms with Gasteiger partial charge in [0, 0.05) is 0 Å². The molecule has 0 aromatic heterocycles. The molecule has 0 amide bonds. The Hall–Kier alpha value is -1.36. The minimum atomic E-state index is -5.22. The second kappa shape index (κ2) is 6.39. The molecule has 11 heteroatoms. The number of alkyl halides is 3. The topological polar surface area (TPSA) is 107 Å². The summed E-state index contributed by atoms with van der Waals surface area (Å²) in [6.45, 7) is 0.302. The molecule has 0 bridgehead atoms. The fourth-order valence-corrected chi connectivity index (χ4v) is 2.04. The Morgan fingerprint density at radius 1 is 1.15 bits per heavy atom. The Balaban J connectivity index is 4.93. The molecule has 0 saturated carbocycles. The van der Waals surface area contributed by atoms with Crippen LogP contribution in [-0.2, 0) is 29.2 Å². The molecule has 0 aliphatic carbocycles. The number of rotatable bonds is 6. The van der Waals surface area contributed by atoms with Crippen LogP contribution in [0.3, 0.4) is 0 Å². The number of carbonyl (C=O) groups excluding carboxylic acids is 2. The second-order valence-electron chi connectivity index (χ2n) is 4.01. The van der Waals surface area contributed by atoms with Crippen molar-refractivity contribution in [2.45, 2.75) is 31.5 Å². The van der Waals surface area contributed by atoms with Crippen molar-refractivity contribution in [3.8, 4) is 0 Å². The van der Waals surface area contributed by atoms with Crippen molar-refractivity contribution in [1.82, 2.24) is 0 Å². The Kier molecular flexibility index (Phi) is 5.96. The van der Waals surface area contributed by atoms with Gasteiger partial charge in [-0.3, -0.25) is 14.1 Å². The first-order valence-electron chi connectivity index (χ1n) is 5.11. The fourth-order valence-electron chi connectivity index (χ4n) is 1.13. The summed E-state index contributed by atoms with van der Waals surface area (Å²) in [5.74, 6) is -4.13. The van der Waals surface area contributed by atoms with Gasteiger partial charge in [0.15, 0.2) is 0 Å². The second-order valence-corrected chi connectivity index (χ2v) is 5.46. The fraction of sp³-hybridized carbons (Fsp3) is 0.778. The lowest BCUT2D eigenvalue weighted by atomic mass is 10.1. The number of halogens is 3. The summed E-state index contributed by atoms with van der Waals surface area (Å²) in [5.41, 5.74) is -3.41. The van der Waals surface area contributed by atoms with E-state index in [4.69, 9.17) is 4.55 Å². The van der Waals surface area contributed by atoms with Crippen molar-refractivity contribution in [2.75, 3.05) is 12.9 Å². The summed E-state index contributed by atoms with van der Waals surface area (Å²) in [7, 11) is -4.02. The van der Waals surface area contributed by atoms with E-state index < -0.39 is 52.4 Å². The summed E-state index contributed by atoms with van der Waals surface area (Å²) >= 11 is 0. The Morgan fingerprint density at radius 3 is 1.95 bits per heavy atom. The quantitative estimate of drug-likeness (QED) is 0.566. The van der Waals surface area contributed by atoms with E-state index in [1.54, 1.807) is 0 Å². The molecule has 0 aromatic rings. The molecule has 20 heavy (non-hydrogen) atoms. The van der Waals surface area contributed by atoms with Crippen LogP contribution in [0.15, 0.2) is 0 Å². The molecule has 0 aliphatic rings. The highest BCUT2D eigenvalue weighted by Crippen LogP contribution is 2.35. The molecule has 0 radical (unpaired) electrons. The largest absolute Gasteiger partial charge is 0.469 e. The molecule has 118 valence electrons. The minimum absolute atomic E-state index is 0.302. The number of esters is 2. The van der Waals surface area contributed by atoms with Gasteiger partial charge >= 0.3 is 18.1 Å². The molecule has 0 spiro atoms. The van der Waals surface area contributed by atoms with Crippen LogP contribution >= 0.6 is 0 Å². The number of hydrogen-bond acceptors (Lipinski definition) is 6. The van der Waals surface area contributed by atoms with Gasteiger partial charge in [-0.05, 0) is 6.92 Å². The summed E-state index contributed by atoms with van der Waals surface area (Å²) in [4.78, 5) is 21.9. The van der Waals surface area contributed by atoms with E-state index in [1.807, 2.05) is 0 Å². The van der Waals surface area contributed by atoms with Crippen molar-refractivity contribution in [3.05, 3.63) is 0 Å². The molecule has 0 saturated heterocycles. The molecule has 0 aliphatic heterocycles. The smallest absolute Gasteiger partial charge is 0.429 e. The third-order valence-electron chi connectivity index (χ3n) is 2.16. The van der Waals surface area contributed by atoms with Crippen LogP contribution in [0.25, 0.3) is 0 Å².